The highest BCUT2D eigenvalue weighted by Crippen LogP contribution is 2.38. The second kappa shape index (κ2) is 6.14. The largest absolute Gasteiger partial charge is 0.393 e. The average molecular weight is 244 g/mol. The van der Waals surface area contributed by atoms with Crippen LogP contribution in [0.3, 0.4) is 0 Å². The molecule has 0 aromatic rings. The molecule has 1 N–H and O–H groups in total. The molecule has 4 nitrogen and oxygen atoms in total. The van der Waals surface area contributed by atoms with E-state index in [1.807, 2.05) is 0 Å². The molecule has 2 saturated heterocycles. The number of hydrogen-bond donors (Lipinski definition) is 1. The van der Waals surface area contributed by atoms with E-state index in [1.165, 1.54) is 0 Å². The van der Waals surface area contributed by atoms with E-state index in [0.717, 1.165) is 51.9 Å². The molecule has 0 radical (unpaired) electrons. The number of rotatable bonds is 4. The summed E-state index contributed by atoms with van der Waals surface area (Å²) >= 11 is 0. The number of aliphatic hydroxyl groups excluding tert-OH is 1. The van der Waals surface area contributed by atoms with Crippen molar-refractivity contribution in [1.82, 2.24) is 0 Å². The molecule has 2 unspecified atom stereocenters. The molecule has 0 amide bonds. The highest BCUT2D eigenvalue weighted by Gasteiger charge is 2.40. The standard InChI is InChI=1S/C13H24O4/c1-15-6-3-12(14)11-2-7-17-13(10-11)4-8-16-9-5-13/h11-12,14H,2-10H2,1H3. The summed E-state index contributed by atoms with van der Waals surface area (Å²) in [7, 11) is 1.68. The Kier molecular flexibility index (Phi) is 4.79. The molecule has 0 aromatic carbocycles. The highest BCUT2D eigenvalue weighted by molar-refractivity contribution is 4.90. The first-order valence-corrected chi connectivity index (χ1v) is 6.64. The van der Waals surface area contributed by atoms with E-state index in [4.69, 9.17) is 14.2 Å². The molecule has 2 heterocycles. The molecule has 2 fully saturated rings. The van der Waals surface area contributed by atoms with E-state index in [0.29, 0.717) is 12.5 Å². The zero-order valence-corrected chi connectivity index (χ0v) is 10.7. The molecule has 1 spiro atoms. The molecule has 100 valence electrons. The average Bonchev–Trinajstić information content (AvgIpc) is 2.37. The molecule has 2 aliphatic rings. The highest BCUT2D eigenvalue weighted by atomic mass is 16.5. The summed E-state index contributed by atoms with van der Waals surface area (Å²) in [6.45, 7) is 2.99. The van der Waals surface area contributed by atoms with Gasteiger partial charge in [0, 0.05) is 33.5 Å². The van der Waals surface area contributed by atoms with Gasteiger partial charge in [0.2, 0.25) is 0 Å². The summed E-state index contributed by atoms with van der Waals surface area (Å²) < 4.78 is 16.4. The molecule has 0 aliphatic carbocycles. The zero-order chi connectivity index (χ0) is 12.1. The number of aliphatic hydroxyl groups is 1. The lowest BCUT2D eigenvalue weighted by Gasteiger charge is -2.44. The van der Waals surface area contributed by atoms with Crippen LogP contribution < -0.4 is 0 Å². The Bertz CT molecular complexity index is 220. The predicted molar refractivity (Wildman–Crippen MR) is 64.0 cm³/mol. The number of ether oxygens (including phenoxy) is 3. The van der Waals surface area contributed by atoms with E-state index in [1.54, 1.807) is 7.11 Å². The monoisotopic (exact) mass is 244 g/mol. The van der Waals surface area contributed by atoms with Crippen LogP contribution in [0.5, 0.6) is 0 Å². The van der Waals surface area contributed by atoms with Crippen LogP contribution in [0.4, 0.5) is 0 Å². The number of hydrogen-bond acceptors (Lipinski definition) is 4. The molecular weight excluding hydrogens is 220 g/mol. The van der Waals surface area contributed by atoms with Gasteiger partial charge in [0.05, 0.1) is 11.7 Å². The lowest BCUT2D eigenvalue weighted by atomic mass is 9.78. The number of methoxy groups -OCH3 is 1. The maximum absolute atomic E-state index is 10.2. The van der Waals surface area contributed by atoms with Crippen LogP contribution >= 0.6 is 0 Å². The third-order valence-corrected chi connectivity index (χ3v) is 4.10. The summed E-state index contributed by atoms with van der Waals surface area (Å²) in [5.41, 5.74) is -0.0186. The van der Waals surface area contributed by atoms with Gasteiger partial charge in [-0.15, -0.1) is 0 Å². The van der Waals surface area contributed by atoms with Gasteiger partial charge in [-0.1, -0.05) is 0 Å². The summed E-state index contributed by atoms with van der Waals surface area (Å²) in [4.78, 5) is 0. The Morgan fingerprint density at radius 1 is 1.35 bits per heavy atom. The van der Waals surface area contributed by atoms with Crippen LogP contribution in [0, 0.1) is 5.92 Å². The molecule has 2 atom stereocenters. The smallest absolute Gasteiger partial charge is 0.0730 e. The molecule has 0 saturated carbocycles. The first-order chi connectivity index (χ1) is 8.26. The second-order valence-electron chi connectivity index (χ2n) is 5.25. The van der Waals surface area contributed by atoms with E-state index in [9.17, 15) is 5.11 Å². The van der Waals surface area contributed by atoms with Crippen LogP contribution in [0.1, 0.15) is 32.1 Å². The van der Waals surface area contributed by atoms with Gasteiger partial charge in [0.1, 0.15) is 0 Å². The lowest BCUT2D eigenvalue weighted by molar-refractivity contribution is -0.159. The van der Waals surface area contributed by atoms with Crippen LogP contribution in [0.15, 0.2) is 0 Å². The van der Waals surface area contributed by atoms with E-state index >= 15 is 0 Å². The van der Waals surface area contributed by atoms with Crippen LogP contribution in [-0.2, 0) is 14.2 Å². The summed E-state index contributed by atoms with van der Waals surface area (Å²) in [5, 5.41) is 10.2. The van der Waals surface area contributed by atoms with Gasteiger partial charge >= 0.3 is 0 Å². The SMILES string of the molecule is COCCC(O)C1CCOC2(CCOCC2)C1. The predicted octanol–water partition coefficient (Wildman–Crippen LogP) is 1.36. The van der Waals surface area contributed by atoms with Crippen molar-refractivity contribution >= 4 is 0 Å². The van der Waals surface area contributed by atoms with Crippen molar-refractivity contribution in [2.75, 3.05) is 33.5 Å². The van der Waals surface area contributed by atoms with Crippen LogP contribution in [0.25, 0.3) is 0 Å². The Balaban J connectivity index is 1.87. The van der Waals surface area contributed by atoms with Crippen molar-refractivity contribution in [2.45, 2.75) is 43.8 Å². The molecule has 2 aliphatic heterocycles. The zero-order valence-electron chi connectivity index (χ0n) is 10.7. The van der Waals surface area contributed by atoms with Crippen molar-refractivity contribution in [2.24, 2.45) is 5.92 Å². The third-order valence-electron chi connectivity index (χ3n) is 4.10. The van der Waals surface area contributed by atoms with Crippen molar-refractivity contribution in [3.8, 4) is 0 Å². The first-order valence-electron chi connectivity index (χ1n) is 6.64. The van der Waals surface area contributed by atoms with E-state index < -0.39 is 0 Å². The Morgan fingerprint density at radius 2 is 2.12 bits per heavy atom. The molecular formula is C13H24O4. The first kappa shape index (κ1) is 13.3. The molecule has 17 heavy (non-hydrogen) atoms. The molecule has 0 bridgehead atoms. The molecule has 2 rings (SSSR count). The Labute approximate surface area is 103 Å². The molecule has 4 heteroatoms. The van der Waals surface area contributed by atoms with Crippen molar-refractivity contribution in [3.05, 3.63) is 0 Å². The van der Waals surface area contributed by atoms with Crippen molar-refractivity contribution in [1.29, 1.82) is 0 Å². The normalized spacial score (nSPS) is 30.4. The second-order valence-corrected chi connectivity index (χ2v) is 5.25. The molecule has 0 aromatic heterocycles. The third kappa shape index (κ3) is 3.41. The topological polar surface area (TPSA) is 47.9 Å². The van der Waals surface area contributed by atoms with Gasteiger partial charge in [-0.05, 0) is 38.0 Å². The Hall–Kier alpha value is -0.160. The summed E-state index contributed by atoms with van der Waals surface area (Å²) in [5.74, 6) is 0.358. The fourth-order valence-electron chi connectivity index (χ4n) is 2.96. The van der Waals surface area contributed by atoms with Gasteiger partial charge in [-0.3, -0.25) is 0 Å². The maximum Gasteiger partial charge on any atom is 0.0730 e. The van der Waals surface area contributed by atoms with Gasteiger partial charge in [0.25, 0.3) is 0 Å². The van der Waals surface area contributed by atoms with Gasteiger partial charge in [-0.2, -0.15) is 0 Å². The van der Waals surface area contributed by atoms with Crippen molar-refractivity contribution in [3.63, 3.8) is 0 Å². The quantitative estimate of drug-likeness (QED) is 0.811. The van der Waals surface area contributed by atoms with Gasteiger partial charge < -0.3 is 19.3 Å². The van der Waals surface area contributed by atoms with Crippen LogP contribution in [-0.4, -0.2) is 50.3 Å². The summed E-state index contributed by atoms with van der Waals surface area (Å²) in [6.07, 6.45) is 4.36. The minimum atomic E-state index is -0.251. The Morgan fingerprint density at radius 3 is 2.82 bits per heavy atom. The maximum atomic E-state index is 10.2. The van der Waals surface area contributed by atoms with Gasteiger partial charge in [-0.25, -0.2) is 0 Å². The fourth-order valence-corrected chi connectivity index (χ4v) is 2.96. The minimum absolute atomic E-state index is 0.0186. The lowest BCUT2D eigenvalue weighted by Crippen LogP contribution is -2.46. The van der Waals surface area contributed by atoms with E-state index in [-0.39, 0.29) is 11.7 Å². The van der Waals surface area contributed by atoms with Crippen molar-refractivity contribution < 1.29 is 19.3 Å². The summed E-state index contributed by atoms with van der Waals surface area (Å²) in [6, 6.07) is 0. The van der Waals surface area contributed by atoms with Gasteiger partial charge in [0.15, 0.2) is 0 Å². The van der Waals surface area contributed by atoms with Crippen LogP contribution in [0.2, 0.25) is 0 Å². The fraction of sp³-hybridized carbons (Fsp3) is 1.00. The van der Waals surface area contributed by atoms with E-state index in [2.05, 4.69) is 0 Å². The minimum Gasteiger partial charge on any atom is -0.393 e.